The molecule has 0 heterocycles. The largest absolute Gasteiger partial charge is 0.508 e. The second-order valence-corrected chi connectivity index (χ2v) is 7.56. The van der Waals surface area contributed by atoms with E-state index in [1.165, 1.54) is 17.3 Å². The van der Waals surface area contributed by atoms with E-state index in [0.29, 0.717) is 23.1 Å². The molecule has 0 atom stereocenters. The second kappa shape index (κ2) is 12.1. The van der Waals surface area contributed by atoms with Gasteiger partial charge in [0.1, 0.15) is 11.5 Å². The Hall–Kier alpha value is -2.49. The molecular formula is C24H36N2O2. The molecule has 1 aromatic carbocycles. The highest BCUT2D eigenvalue weighted by molar-refractivity contribution is 6.10. The predicted molar refractivity (Wildman–Crippen MR) is 120 cm³/mol. The fourth-order valence-corrected chi connectivity index (χ4v) is 3.21. The van der Waals surface area contributed by atoms with Gasteiger partial charge in [-0.1, -0.05) is 43.1 Å². The molecule has 0 amide bonds. The summed E-state index contributed by atoms with van der Waals surface area (Å²) in [5, 5.41) is 29.1. The standard InChI is InChI=1S/C24H36N2O2/c1-5-6-7-11-19-14-22(27)21(24(28)23(19)20(15-25)16-26)13-12-18(4)10-8-9-17(2)3/h9,12,14-16,25,27-28H,5-8,10-11,13,26H2,1-4H3/b18-12+,20-16+,25-15?. The fourth-order valence-electron chi connectivity index (χ4n) is 3.21. The van der Waals surface area contributed by atoms with E-state index < -0.39 is 0 Å². The molecule has 0 unspecified atom stereocenters. The van der Waals surface area contributed by atoms with Crippen LogP contribution < -0.4 is 5.73 Å². The van der Waals surface area contributed by atoms with Gasteiger partial charge in [0.15, 0.2) is 0 Å². The van der Waals surface area contributed by atoms with Gasteiger partial charge in [0.25, 0.3) is 0 Å². The molecule has 5 N–H and O–H groups in total. The van der Waals surface area contributed by atoms with Gasteiger partial charge in [-0.15, -0.1) is 0 Å². The zero-order valence-electron chi connectivity index (χ0n) is 17.8. The minimum atomic E-state index is 0.0278. The maximum Gasteiger partial charge on any atom is 0.130 e. The summed E-state index contributed by atoms with van der Waals surface area (Å²) in [4.78, 5) is 0. The molecule has 0 aliphatic carbocycles. The summed E-state index contributed by atoms with van der Waals surface area (Å²) in [6.45, 7) is 8.37. The molecular weight excluding hydrogens is 348 g/mol. The summed E-state index contributed by atoms with van der Waals surface area (Å²) in [6, 6.07) is 1.72. The number of hydrogen-bond donors (Lipinski definition) is 4. The second-order valence-electron chi connectivity index (χ2n) is 7.56. The van der Waals surface area contributed by atoms with Crippen LogP contribution in [0.3, 0.4) is 0 Å². The van der Waals surface area contributed by atoms with Crippen LogP contribution in [0, 0.1) is 5.41 Å². The van der Waals surface area contributed by atoms with Crippen molar-refractivity contribution in [3.8, 4) is 11.5 Å². The van der Waals surface area contributed by atoms with Crippen LogP contribution in [0.1, 0.15) is 76.5 Å². The third kappa shape index (κ3) is 6.91. The molecule has 28 heavy (non-hydrogen) atoms. The Balaban J connectivity index is 3.20. The van der Waals surface area contributed by atoms with E-state index in [1.54, 1.807) is 6.07 Å². The Labute approximate surface area is 170 Å². The molecule has 0 aromatic heterocycles. The van der Waals surface area contributed by atoms with E-state index in [4.69, 9.17) is 11.1 Å². The first-order chi connectivity index (χ1) is 13.3. The van der Waals surface area contributed by atoms with Crippen molar-refractivity contribution in [2.45, 2.75) is 72.6 Å². The average molecular weight is 385 g/mol. The Morgan fingerprint density at radius 3 is 2.43 bits per heavy atom. The molecule has 0 saturated heterocycles. The first kappa shape index (κ1) is 23.5. The average Bonchev–Trinajstić information content (AvgIpc) is 2.64. The van der Waals surface area contributed by atoms with Crippen LogP contribution in [-0.2, 0) is 12.8 Å². The minimum Gasteiger partial charge on any atom is -0.508 e. The molecule has 1 aromatic rings. The summed E-state index contributed by atoms with van der Waals surface area (Å²) in [6.07, 6.45) is 13.0. The van der Waals surface area contributed by atoms with Crippen LogP contribution in [0.15, 0.2) is 35.6 Å². The zero-order valence-corrected chi connectivity index (χ0v) is 17.8. The van der Waals surface area contributed by atoms with Crippen LogP contribution in [0.25, 0.3) is 5.57 Å². The third-order valence-electron chi connectivity index (χ3n) is 4.88. The maximum atomic E-state index is 10.9. The van der Waals surface area contributed by atoms with Gasteiger partial charge in [-0.2, -0.15) is 0 Å². The number of nitrogens with one attached hydrogen (secondary N) is 1. The normalized spacial score (nSPS) is 12.1. The fraction of sp³-hybridized carbons (Fsp3) is 0.458. The highest BCUT2D eigenvalue weighted by Crippen LogP contribution is 2.38. The first-order valence-corrected chi connectivity index (χ1v) is 10.1. The lowest BCUT2D eigenvalue weighted by atomic mass is 9.91. The smallest absolute Gasteiger partial charge is 0.130 e. The van der Waals surface area contributed by atoms with Gasteiger partial charge in [0.05, 0.1) is 0 Å². The van der Waals surface area contributed by atoms with Crippen molar-refractivity contribution in [1.82, 2.24) is 0 Å². The van der Waals surface area contributed by atoms with E-state index >= 15 is 0 Å². The molecule has 1 rings (SSSR count). The van der Waals surface area contributed by atoms with Gasteiger partial charge in [0, 0.05) is 29.1 Å². The Bertz CT molecular complexity index is 754. The number of unbranched alkanes of at least 4 members (excludes halogenated alkanes) is 2. The predicted octanol–water partition coefficient (Wildman–Crippen LogP) is 6.01. The van der Waals surface area contributed by atoms with E-state index in [0.717, 1.165) is 50.3 Å². The van der Waals surface area contributed by atoms with Crippen molar-refractivity contribution in [3.05, 3.63) is 52.3 Å². The van der Waals surface area contributed by atoms with E-state index in [9.17, 15) is 10.2 Å². The van der Waals surface area contributed by atoms with E-state index in [-0.39, 0.29) is 11.5 Å². The Morgan fingerprint density at radius 1 is 1.14 bits per heavy atom. The van der Waals surface area contributed by atoms with Gasteiger partial charge in [-0.05, 0) is 64.5 Å². The highest BCUT2D eigenvalue weighted by Gasteiger charge is 2.19. The van der Waals surface area contributed by atoms with Gasteiger partial charge >= 0.3 is 0 Å². The lowest BCUT2D eigenvalue weighted by Gasteiger charge is -2.17. The SMILES string of the molecule is CCCCCc1cc(O)c(C/C=C(\C)CCC=C(C)C)c(O)c1/C(C=N)=C/N. The molecule has 4 heteroatoms. The van der Waals surface area contributed by atoms with Crippen LogP contribution >= 0.6 is 0 Å². The van der Waals surface area contributed by atoms with Gasteiger partial charge in [-0.3, -0.25) is 0 Å². The quantitative estimate of drug-likeness (QED) is 0.214. The van der Waals surface area contributed by atoms with Crippen molar-refractivity contribution < 1.29 is 10.2 Å². The number of hydrogen-bond acceptors (Lipinski definition) is 4. The number of phenolic OH excluding ortho intramolecular Hbond substituents is 2. The number of phenols is 2. The summed E-state index contributed by atoms with van der Waals surface area (Å²) in [5.41, 5.74) is 10.6. The van der Waals surface area contributed by atoms with Gasteiger partial charge < -0.3 is 21.4 Å². The number of rotatable bonds is 11. The number of aromatic hydroxyl groups is 2. The van der Waals surface area contributed by atoms with Gasteiger partial charge in [0.2, 0.25) is 0 Å². The van der Waals surface area contributed by atoms with Crippen LogP contribution in [-0.4, -0.2) is 16.4 Å². The van der Waals surface area contributed by atoms with Crippen molar-refractivity contribution in [2.75, 3.05) is 0 Å². The van der Waals surface area contributed by atoms with Crippen molar-refractivity contribution in [1.29, 1.82) is 5.41 Å². The monoisotopic (exact) mass is 384 g/mol. The first-order valence-electron chi connectivity index (χ1n) is 10.1. The molecule has 0 spiro atoms. The Kier molecular flexibility index (Phi) is 10.1. The lowest BCUT2D eigenvalue weighted by Crippen LogP contribution is -2.01. The van der Waals surface area contributed by atoms with E-state index in [1.807, 2.05) is 6.08 Å². The Morgan fingerprint density at radius 2 is 1.86 bits per heavy atom. The third-order valence-corrected chi connectivity index (χ3v) is 4.88. The number of nitrogens with two attached hydrogens (primary N) is 1. The van der Waals surface area contributed by atoms with Crippen molar-refractivity contribution in [2.24, 2.45) is 5.73 Å². The molecule has 0 fully saturated rings. The summed E-state index contributed by atoms with van der Waals surface area (Å²) >= 11 is 0. The topological polar surface area (TPSA) is 90.3 Å². The molecule has 4 nitrogen and oxygen atoms in total. The number of allylic oxidation sites excluding steroid dienone is 5. The summed E-state index contributed by atoms with van der Waals surface area (Å²) < 4.78 is 0. The molecule has 0 aliphatic heterocycles. The summed E-state index contributed by atoms with van der Waals surface area (Å²) in [7, 11) is 0. The maximum absolute atomic E-state index is 10.9. The summed E-state index contributed by atoms with van der Waals surface area (Å²) in [5.74, 6) is 0.127. The van der Waals surface area contributed by atoms with Crippen LogP contribution in [0.5, 0.6) is 11.5 Å². The molecule has 0 aliphatic rings. The highest BCUT2D eigenvalue weighted by atomic mass is 16.3. The molecule has 0 bridgehead atoms. The lowest BCUT2D eigenvalue weighted by molar-refractivity contribution is 0.438. The van der Waals surface area contributed by atoms with Gasteiger partial charge in [-0.25, -0.2) is 0 Å². The zero-order chi connectivity index (χ0) is 21.1. The van der Waals surface area contributed by atoms with Crippen LogP contribution in [0.4, 0.5) is 0 Å². The molecule has 0 saturated carbocycles. The van der Waals surface area contributed by atoms with Crippen molar-refractivity contribution in [3.63, 3.8) is 0 Å². The minimum absolute atomic E-state index is 0.0278. The van der Waals surface area contributed by atoms with E-state index in [2.05, 4.69) is 33.8 Å². The molecule has 0 radical (unpaired) electrons. The number of aryl methyl sites for hydroxylation is 1. The number of benzene rings is 1. The van der Waals surface area contributed by atoms with Crippen molar-refractivity contribution >= 4 is 11.8 Å². The van der Waals surface area contributed by atoms with Crippen LogP contribution in [0.2, 0.25) is 0 Å². The molecule has 154 valence electrons.